The summed E-state index contributed by atoms with van der Waals surface area (Å²) < 4.78 is 9.08. The standard InChI is InChI=1S/C53H33N3OS/c1-2-10-33(11-3-1)51-54-52(56-53(55-51)41-24-26-49-44(31-41)43-13-6-7-16-48(43)58-49)40-22-20-36-28-39(21-19-37(36)29-40)42-14-8-15-47-50(42)45-30-38(23-25-46(45)57-47)35-18-17-32-9-4-5-12-34(32)27-35/h1-31,47,50H. The Kier molecular flexibility index (Phi) is 7.50. The van der Waals surface area contributed by atoms with Crippen molar-refractivity contribution in [2.75, 3.05) is 0 Å². The quantitative estimate of drug-likeness (QED) is 0.175. The minimum absolute atomic E-state index is 0.0454. The summed E-state index contributed by atoms with van der Waals surface area (Å²) in [6.07, 6.45) is 6.54. The Labute approximate surface area is 339 Å². The van der Waals surface area contributed by atoms with Crippen LogP contribution in [0.15, 0.2) is 188 Å². The van der Waals surface area contributed by atoms with Gasteiger partial charge in [-0.25, -0.2) is 15.0 Å². The van der Waals surface area contributed by atoms with Crippen LogP contribution in [0, 0.1) is 0 Å². The Hall–Kier alpha value is -7.21. The highest BCUT2D eigenvalue weighted by molar-refractivity contribution is 7.25. The number of benzene rings is 8. The monoisotopic (exact) mass is 759 g/mol. The summed E-state index contributed by atoms with van der Waals surface area (Å²) in [6.45, 7) is 0. The van der Waals surface area contributed by atoms with Gasteiger partial charge in [0.25, 0.3) is 0 Å². The lowest BCUT2D eigenvalue weighted by molar-refractivity contribution is 0.271. The Bertz CT molecular complexity index is 3350. The van der Waals surface area contributed by atoms with Crippen molar-refractivity contribution in [3.63, 3.8) is 0 Å². The molecular weight excluding hydrogens is 727 g/mol. The SMILES string of the molecule is C1=CC2Oc3ccc(-c4ccc5ccccc5c4)cc3C2C(c2ccc3cc(-c4nc(-c5ccccc5)nc(-c5ccc6sc7ccccc7c6c5)n4)ccc3c2)=C1. The van der Waals surface area contributed by atoms with Gasteiger partial charge in [0.2, 0.25) is 0 Å². The summed E-state index contributed by atoms with van der Waals surface area (Å²) in [5.41, 5.74) is 8.96. The van der Waals surface area contributed by atoms with Crippen molar-refractivity contribution in [3.05, 3.63) is 199 Å². The third-order valence-corrected chi connectivity index (χ3v) is 12.8. The van der Waals surface area contributed by atoms with Crippen LogP contribution >= 0.6 is 11.3 Å². The van der Waals surface area contributed by atoms with Crippen LogP contribution in [-0.4, -0.2) is 21.1 Å². The van der Waals surface area contributed by atoms with Crippen molar-refractivity contribution in [1.82, 2.24) is 15.0 Å². The molecule has 0 spiro atoms. The normalized spacial score (nSPS) is 15.8. The van der Waals surface area contributed by atoms with Gasteiger partial charge in [-0.15, -0.1) is 11.3 Å². The molecule has 2 atom stereocenters. The van der Waals surface area contributed by atoms with Gasteiger partial charge >= 0.3 is 0 Å². The zero-order valence-corrected chi connectivity index (χ0v) is 32.0. The largest absolute Gasteiger partial charge is 0.485 e. The number of ether oxygens (including phenoxy) is 1. The minimum Gasteiger partial charge on any atom is -0.485 e. The summed E-state index contributed by atoms with van der Waals surface area (Å²) in [5.74, 6) is 3.02. The van der Waals surface area contributed by atoms with Crippen LogP contribution in [0.2, 0.25) is 0 Å². The number of allylic oxidation sites excluding steroid dienone is 2. The van der Waals surface area contributed by atoms with Gasteiger partial charge in [-0.1, -0.05) is 127 Å². The Morgan fingerprint density at radius 3 is 1.88 bits per heavy atom. The lowest BCUT2D eigenvalue weighted by atomic mass is 9.80. The van der Waals surface area contributed by atoms with Gasteiger partial charge in [0.15, 0.2) is 17.5 Å². The van der Waals surface area contributed by atoms with E-state index in [-0.39, 0.29) is 12.0 Å². The van der Waals surface area contributed by atoms with Gasteiger partial charge in [-0.3, -0.25) is 0 Å². The van der Waals surface area contributed by atoms with Gasteiger partial charge in [-0.05, 0) is 104 Å². The second-order valence-electron chi connectivity index (χ2n) is 15.1. The number of aromatic nitrogens is 3. The Balaban J connectivity index is 0.909. The molecule has 10 aromatic rings. The van der Waals surface area contributed by atoms with Crippen LogP contribution in [0.1, 0.15) is 17.0 Å². The van der Waals surface area contributed by atoms with Crippen LogP contribution in [0.5, 0.6) is 5.75 Å². The van der Waals surface area contributed by atoms with E-state index in [1.165, 1.54) is 58.8 Å². The molecule has 12 rings (SSSR count). The van der Waals surface area contributed by atoms with Crippen molar-refractivity contribution in [2.24, 2.45) is 0 Å². The topological polar surface area (TPSA) is 47.9 Å². The van der Waals surface area contributed by atoms with Crippen LogP contribution < -0.4 is 4.74 Å². The van der Waals surface area contributed by atoms with Gasteiger partial charge in [0.1, 0.15) is 11.9 Å². The zero-order valence-electron chi connectivity index (χ0n) is 31.2. The molecule has 0 radical (unpaired) electrons. The molecule has 2 unspecified atom stereocenters. The van der Waals surface area contributed by atoms with E-state index >= 15 is 0 Å². The molecule has 1 aliphatic heterocycles. The number of thiophene rings is 1. The van der Waals surface area contributed by atoms with Crippen LogP contribution in [-0.2, 0) is 0 Å². The van der Waals surface area contributed by atoms with Gasteiger partial charge in [-0.2, -0.15) is 0 Å². The van der Waals surface area contributed by atoms with E-state index in [2.05, 4.69) is 170 Å². The molecule has 0 amide bonds. The van der Waals surface area contributed by atoms with Crippen LogP contribution in [0.4, 0.5) is 0 Å². The van der Waals surface area contributed by atoms with E-state index in [0.29, 0.717) is 17.5 Å². The van der Waals surface area contributed by atoms with Gasteiger partial charge < -0.3 is 4.74 Å². The average Bonchev–Trinajstić information content (AvgIpc) is 3.86. The molecule has 272 valence electrons. The summed E-state index contributed by atoms with van der Waals surface area (Å²) in [7, 11) is 0. The molecule has 5 heteroatoms. The second-order valence-corrected chi connectivity index (χ2v) is 16.2. The molecule has 0 saturated heterocycles. The molecule has 0 N–H and O–H groups in total. The van der Waals surface area contributed by atoms with E-state index in [4.69, 9.17) is 19.7 Å². The fourth-order valence-electron chi connectivity index (χ4n) is 8.76. The number of hydrogen-bond donors (Lipinski definition) is 0. The van der Waals surface area contributed by atoms with Crippen LogP contribution in [0.3, 0.4) is 0 Å². The molecule has 2 aromatic heterocycles. The maximum absolute atomic E-state index is 6.55. The molecule has 0 fully saturated rings. The summed E-state index contributed by atoms with van der Waals surface area (Å²) in [4.78, 5) is 15.2. The first-order chi connectivity index (χ1) is 28.7. The first-order valence-electron chi connectivity index (χ1n) is 19.6. The van der Waals surface area contributed by atoms with Crippen LogP contribution in [0.25, 0.3) is 92.6 Å². The van der Waals surface area contributed by atoms with Gasteiger partial charge in [0, 0.05) is 42.4 Å². The van der Waals surface area contributed by atoms with Crippen molar-refractivity contribution in [3.8, 4) is 51.0 Å². The molecule has 8 aromatic carbocycles. The van der Waals surface area contributed by atoms with Crippen molar-refractivity contribution >= 4 is 58.6 Å². The fraction of sp³-hybridized carbons (Fsp3) is 0.0377. The van der Waals surface area contributed by atoms with Crippen molar-refractivity contribution in [2.45, 2.75) is 12.0 Å². The lowest BCUT2D eigenvalue weighted by Crippen LogP contribution is -2.19. The Morgan fingerprint density at radius 1 is 0.431 bits per heavy atom. The number of hydrogen-bond acceptors (Lipinski definition) is 5. The molecule has 0 saturated carbocycles. The van der Waals surface area contributed by atoms with Crippen molar-refractivity contribution in [1.29, 1.82) is 0 Å². The zero-order chi connectivity index (χ0) is 38.2. The maximum atomic E-state index is 6.55. The second kappa shape index (κ2) is 13.2. The molecule has 3 heterocycles. The predicted octanol–water partition coefficient (Wildman–Crippen LogP) is 13.7. The van der Waals surface area contributed by atoms with E-state index in [1.807, 2.05) is 29.5 Å². The number of rotatable bonds is 5. The first-order valence-corrected chi connectivity index (χ1v) is 20.5. The average molecular weight is 760 g/mol. The van der Waals surface area contributed by atoms with E-state index < -0.39 is 0 Å². The molecule has 2 aliphatic rings. The Morgan fingerprint density at radius 2 is 1.02 bits per heavy atom. The molecule has 4 nitrogen and oxygen atoms in total. The van der Waals surface area contributed by atoms with Crippen molar-refractivity contribution < 1.29 is 4.74 Å². The van der Waals surface area contributed by atoms with Gasteiger partial charge in [0.05, 0.1) is 5.92 Å². The first kappa shape index (κ1) is 33.0. The summed E-state index contributed by atoms with van der Waals surface area (Å²) in [6, 6.07) is 60.5. The summed E-state index contributed by atoms with van der Waals surface area (Å²) >= 11 is 1.81. The highest BCUT2D eigenvalue weighted by Crippen LogP contribution is 2.49. The highest BCUT2D eigenvalue weighted by Gasteiger charge is 2.37. The fourth-order valence-corrected chi connectivity index (χ4v) is 9.85. The highest BCUT2D eigenvalue weighted by atomic mass is 32.1. The predicted molar refractivity (Wildman–Crippen MR) is 240 cm³/mol. The molecular formula is C53H33N3OS. The maximum Gasteiger partial charge on any atom is 0.164 e. The molecule has 58 heavy (non-hydrogen) atoms. The smallest absolute Gasteiger partial charge is 0.164 e. The lowest BCUT2D eigenvalue weighted by Gasteiger charge is -2.23. The molecule has 1 aliphatic carbocycles. The van der Waals surface area contributed by atoms with E-state index in [1.54, 1.807) is 0 Å². The minimum atomic E-state index is -0.0454. The number of nitrogens with zero attached hydrogens (tertiary/aromatic N) is 3. The van der Waals surface area contributed by atoms with E-state index in [0.717, 1.165) is 33.2 Å². The van der Waals surface area contributed by atoms with E-state index in [9.17, 15) is 0 Å². The number of fused-ring (bicyclic) bond motifs is 8. The summed E-state index contributed by atoms with van der Waals surface area (Å²) in [5, 5.41) is 7.24. The third-order valence-electron chi connectivity index (χ3n) is 11.7. The third kappa shape index (κ3) is 5.54. The molecule has 0 bridgehead atoms.